The van der Waals surface area contributed by atoms with Crippen molar-refractivity contribution in [1.82, 2.24) is 14.7 Å². The summed E-state index contributed by atoms with van der Waals surface area (Å²) in [5.74, 6) is 0. The number of likely N-dealkylation sites (tertiary alicyclic amines) is 1. The monoisotopic (exact) mass is 317 g/mol. The number of amides is 1. The summed E-state index contributed by atoms with van der Waals surface area (Å²) >= 11 is 0. The smallest absolute Gasteiger partial charge is 0.411 e. The molecule has 0 spiro atoms. The van der Waals surface area contributed by atoms with Crippen LogP contribution in [0.5, 0.6) is 0 Å². The standard InChI is InChI=1S/C17H23N3O3/c1-17(2,3)23-16(22)20-13(11-19-9-5-8-18-19)10-14(21)15(20)12-6-4-7-12/h4-9,13-15,21H,10-11H2,1-3H3/t13-,14+,15?/m1/s1. The minimum Gasteiger partial charge on any atom is -0.444 e. The molecular formula is C17H23N3O3. The topological polar surface area (TPSA) is 67.6 Å². The normalized spacial score (nSPS) is 26.9. The third-order valence-corrected chi connectivity index (χ3v) is 4.05. The average molecular weight is 317 g/mol. The van der Waals surface area contributed by atoms with Gasteiger partial charge in [-0.25, -0.2) is 4.79 Å². The van der Waals surface area contributed by atoms with Crippen molar-refractivity contribution in [1.29, 1.82) is 0 Å². The maximum absolute atomic E-state index is 12.7. The zero-order valence-electron chi connectivity index (χ0n) is 13.7. The van der Waals surface area contributed by atoms with Crippen molar-refractivity contribution < 1.29 is 14.6 Å². The lowest BCUT2D eigenvalue weighted by Gasteiger charge is -2.34. The van der Waals surface area contributed by atoms with E-state index in [9.17, 15) is 9.90 Å². The van der Waals surface area contributed by atoms with Crippen LogP contribution in [-0.2, 0) is 11.3 Å². The highest BCUT2D eigenvalue weighted by Crippen LogP contribution is 2.34. The van der Waals surface area contributed by atoms with E-state index in [0.717, 1.165) is 5.57 Å². The van der Waals surface area contributed by atoms with Crippen LogP contribution in [0, 0.1) is 0 Å². The van der Waals surface area contributed by atoms with E-state index in [1.807, 2.05) is 51.3 Å². The van der Waals surface area contributed by atoms with Crippen molar-refractivity contribution in [3.8, 4) is 0 Å². The van der Waals surface area contributed by atoms with Crippen LogP contribution < -0.4 is 0 Å². The Bertz CT molecular complexity index is 628. The number of carbonyl (C=O) groups is 1. The van der Waals surface area contributed by atoms with Gasteiger partial charge >= 0.3 is 6.09 Å². The third-order valence-electron chi connectivity index (χ3n) is 4.05. The summed E-state index contributed by atoms with van der Waals surface area (Å²) in [5.41, 5.74) is 0.390. The van der Waals surface area contributed by atoms with Gasteiger partial charge in [0.25, 0.3) is 0 Å². The number of rotatable bonds is 3. The molecule has 1 amide bonds. The molecule has 1 aliphatic carbocycles. The van der Waals surface area contributed by atoms with E-state index in [0.29, 0.717) is 13.0 Å². The van der Waals surface area contributed by atoms with Crippen LogP contribution in [0.25, 0.3) is 0 Å². The van der Waals surface area contributed by atoms with Crippen molar-refractivity contribution >= 4 is 6.09 Å². The first-order valence-electron chi connectivity index (χ1n) is 7.90. The largest absolute Gasteiger partial charge is 0.444 e. The molecule has 1 fully saturated rings. The van der Waals surface area contributed by atoms with Gasteiger partial charge in [-0.05, 0) is 38.8 Å². The van der Waals surface area contributed by atoms with Crippen LogP contribution in [0.4, 0.5) is 4.79 Å². The van der Waals surface area contributed by atoms with Gasteiger partial charge in [-0.3, -0.25) is 9.58 Å². The van der Waals surface area contributed by atoms with Gasteiger partial charge in [0.2, 0.25) is 0 Å². The summed E-state index contributed by atoms with van der Waals surface area (Å²) in [7, 11) is 0. The van der Waals surface area contributed by atoms with Crippen LogP contribution in [0.3, 0.4) is 0 Å². The van der Waals surface area contributed by atoms with E-state index >= 15 is 0 Å². The third kappa shape index (κ3) is 3.32. The van der Waals surface area contributed by atoms with Gasteiger partial charge in [-0.1, -0.05) is 18.2 Å². The Labute approximate surface area is 136 Å². The van der Waals surface area contributed by atoms with Crippen LogP contribution in [0.1, 0.15) is 27.2 Å². The number of ether oxygens (including phenoxy) is 1. The predicted molar refractivity (Wildman–Crippen MR) is 85.7 cm³/mol. The van der Waals surface area contributed by atoms with Crippen molar-refractivity contribution in [3.05, 3.63) is 42.3 Å². The van der Waals surface area contributed by atoms with Crippen molar-refractivity contribution in [2.75, 3.05) is 0 Å². The lowest BCUT2D eigenvalue weighted by Crippen LogP contribution is -2.48. The SMILES string of the molecule is CC(C)(C)OC(=O)N1C(C2=CC=C2)[C@@H](O)C[C@@H]1Cn1cccn1. The van der Waals surface area contributed by atoms with Gasteiger partial charge in [0.05, 0.1) is 24.7 Å². The summed E-state index contributed by atoms with van der Waals surface area (Å²) in [5, 5.41) is 14.7. The maximum Gasteiger partial charge on any atom is 0.411 e. The Hall–Kier alpha value is -2.08. The number of hydrogen-bond donors (Lipinski definition) is 1. The molecule has 1 saturated heterocycles. The van der Waals surface area contributed by atoms with Gasteiger partial charge in [-0.15, -0.1) is 0 Å². The highest BCUT2D eigenvalue weighted by atomic mass is 16.6. The molecule has 2 heterocycles. The van der Waals surface area contributed by atoms with E-state index in [2.05, 4.69) is 5.10 Å². The molecule has 0 aromatic carbocycles. The molecule has 1 aliphatic heterocycles. The summed E-state index contributed by atoms with van der Waals surface area (Å²) in [6.45, 7) is 6.07. The van der Waals surface area contributed by atoms with Crippen LogP contribution in [0.2, 0.25) is 0 Å². The van der Waals surface area contributed by atoms with E-state index < -0.39 is 17.8 Å². The fraction of sp³-hybridized carbons (Fsp3) is 0.529. The molecule has 3 atom stereocenters. The average Bonchev–Trinajstić information content (AvgIpc) is 2.95. The Kier molecular flexibility index (Phi) is 4.02. The lowest BCUT2D eigenvalue weighted by molar-refractivity contribution is 0.0118. The molecule has 1 aromatic rings. The number of carbonyl (C=O) groups excluding carboxylic acids is 1. The minimum absolute atomic E-state index is 0.153. The Morgan fingerprint density at radius 1 is 1.48 bits per heavy atom. The number of aliphatic hydroxyl groups excluding tert-OH is 1. The molecule has 6 heteroatoms. The van der Waals surface area contributed by atoms with Crippen molar-refractivity contribution in [2.24, 2.45) is 0 Å². The van der Waals surface area contributed by atoms with E-state index in [1.54, 1.807) is 15.8 Å². The number of hydrogen-bond acceptors (Lipinski definition) is 4. The van der Waals surface area contributed by atoms with Gasteiger partial charge in [-0.2, -0.15) is 5.10 Å². The Balaban J connectivity index is 1.83. The molecule has 1 aromatic heterocycles. The van der Waals surface area contributed by atoms with E-state index in [-0.39, 0.29) is 12.1 Å². The molecule has 1 unspecified atom stereocenters. The quantitative estimate of drug-likeness (QED) is 0.927. The summed E-state index contributed by atoms with van der Waals surface area (Å²) < 4.78 is 7.34. The summed E-state index contributed by atoms with van der Waals surface area (Å²) in [4.78, 5) is 14.4. The van der Waals surface area contributed by atoms with E-state index in [4.69, 9.17) is 4.74 Å². The second kappa shape index (κ2) is 5.85. The van der Waals surface area contributed by atoms with Crippen LogP contribution in [-0.4, -0.2) is 49.7 Å². The molecule has 3 rings (SSSR count). The number of aromatic nitrogens is 2. The first-order chi connectivity index (χ1) is 10.8. The predicted octanol–water partition coefficient (Wildman–Crippen LogP) is 2.12. The number of aliphatic hydroxyl groups is 1. The van der Waals surface area contributed by atoms with Gasteiger partial charge < -0.3 is 9.84 Å². The van der Waals surface area contributed by atoms with Crippen molar-refractivity contribution in [2.45, 2.75) is 57.5 Å². The lowest BCUT2D eigenvalue weighted by atomic mass is 9.96. The fourth-order valence-corrected chi connectivity index (χ4v) is 3.09. The van der Waals surface area contributed by atoms with Crippen LogP contribution in [0.15, 0.2) is 42.3 Å². The van der Waals surface area contributed by atoms with Crippen molar-refractivity contribution in [3.63, 3.8) is 0 Å². The molecule has 2 aliphatic rings. The fourth-order valence-electron chi connectivity index (χ4n) is 3.09. The van der Waals surface area contributed by atoms with E-state index in [1.165, 1.54) is 0 Å². The molecular weight excluding hydrogens is 294 g/mol. The number of allylic oxidation sites excluding steroid dienone is 2. The minimum atomic E-state index is -0.598. The molecule has 0 saturated carbocycles. The summed E-state index contributed by atoms with van der Waals surface area (Å²) in [6, 6.07) is 1.34. The maximum atomic E-state index is 12.7. The molecule has 23 heavy (non-hydrogen) atoms. The highest BCUT2D eigenvalue weighted by Gasteiger charge is 2.46. The van der Waals surface area contributed by atoms with Crippen LogP contribution >= 0.6 is 0 Å². The molecule has 0 bridgehead atoms. The van der Waals surface area contributed by atoms with Gasteiger partial charge in [0.1, 0.15) is 5.60 Å². The zero-order chi connectivity index (χ0) is 16.6. The Morgan fingerprint density at radius 2 is 2.22 bits per heavy atom. The first-order valence-corrected chi connectivity index (χ1v) is 7.90. The molecule has 124 valence electrons. The molecule has 0 radical (unpaired) electrons. The molecule has 1 N–H and O–H groups in total. The number of nitrogens with zero attached hydrogens (tertiary/aromatic N) is 3. The highest BCUT2D eigenvalue weighted by molar-refractivity contribution is 5.71. The van der Waals surface area contributed by atoms with Gasteiger partial charge in [0.15, 0.2) is 0 Å². The second-order valence-electron chi connectivity index (χ2n) is 7.04. The summed E-state index contributed by atoms with van der Waals surface area (Å²) in [6.07, 6.45) is 8.86. The molecule has 6 nitrogen and oxygen atoms in total. The second-order valence-corrected chi connectivity index (χ2v) is 7.04. The first kappa shape index (κ1) is 15.8. The Morgan fingerprint density at radius 3 is 2.74 bits per heavy atom. The zero-order valence-corrected chi connectivity index (χ0v) is 13.7. The van der Waals surface area contributed by atoms with Gasteiger partial charge in [0, 0.05) is 12.4 Å².